The second-order valence-electron chi connectivity index (χ2n) is 5.97. The molecule has 1 aromatic rings. The first-order chi connectivity index (χ1) is 9.38. The molecule has 2 rings (SSSR count). The zero-order valence-corrected chi connectivity index (χ0v) is 12.4. The van der Waals surface area contributed by atoms with Crippen LogP contribution in [0.3, 0.4) is 0 Å². The fourth-order valence-corrected chi connectivity index (χ4v) is 3.19. The van der Waals surface area contributed by atoms with E-state index in [2.05, 4.69) is 18.3 Å². The Morgan fingerprint density at radius 3 is 2.84 bits per heavy atom. The van der Waals surface area contributed by atoms with Crippen LogP contribution < -0.4 is 5.32 Å². The number of rotatable bonds is 8. The Hall–Kier alpha value is -0.760. The van der Waals surface area contributed by atoms with Crippen molar-refractivity contribution in [3.8, 4) is 0 Å². The van der Waals surface area contributed by atoms with Crippen molar-refractivity contribution in [2.24, 2.45) is 5.92 Å². The highest BCUT2D eigenvalue weighted by molar-refractivity contribution is 4.98. The van der Waals surface area contributed by atoms with Crippen molar-refractivity contribution in [3.05, 3.63) is 24.2 Å². The minimum absolute atomic E-state index is 0.647. The maximum atomic E-state index is 5.40. The summed E-state index contributed by atoms with van der Waals surface area (Å²) in [5, 5.41) is 3.74. The molecule has 0 bridgehead atoms. The summed E-state index contributed by atoms with van der Waals surface area (Å²) >= 11 is 0. The van der Waals surface area contributed by atoms with E-state index >= 15 is 0 Å². The van der Waals surface area contributed by atoms with Crippen molar-refractivity contribution in [1.82, 2.24) is 5.32 Å². The first kappa shape index (κ1) is 14.6. The molecule has 0 aromatic carbocycles. The second kappa shape index (κ2) is 8.42. The van der Waals surface area contributed by atoms with E-state index in [1.54, 1.807) is 6.26 Å². The molecule has 0 aliphatic heterocycles. The third-order valence-electron chi connectivity index (χ3n) is 4.52. The lowest BCUT2D eigenvalue weighted by atomic mass is 9.87. The SMILES string of the molecule is CCC(CCc1ccco1)NCCC1CCCCC1. The first-order valence-electron chi connectivity index (χ1n) is 8.14. The Kier molecular flexibility index (Phi) is 6.49. The van der Waals surface area contributed by atoms with E-state index in [1.165, 1.54) is 57.9 Å². The van der Waals surface area contributed by atoms with E-state index < -0.39 is 0 Å². The van der Waals surface area contributed by atoms with Gasteiger partial charge in [0.1, 0.15) is 5.76 Å². The van der Waals surface area contributed by atoms with Gasteiger partial charge < -0.3 is 9.73 Å². The Balaban J connectivity index is 1.59. The smallest absolute Gasteiger partial charge is 0.103 e. The molecule has 2 nitrogen and oxygen atoms in total. The number of hydrogen-bond acceptors (Lipinski definition) is 2. The van der Waals surface area contributed by atoms with Crippen molar-refractivity contribution in [2.45, 2.75) is 70.8 Å². The van der Waals surface area contributed by atoms with Gasteiger partial charge >= 0.3 is 0 Å². The number of furan rings is 1. The summed E-state index contributed by atoms with van der Waals surface area (Å²) in [6, 6.07) is 4.70. The minimum Gasteiger partial charge on any atom is -0.469 e. The van der Waals surface area contributed by atoms with Crippen molar-refractivity contribution in [1.29, 1.82) is 0 Å². The Morgan fingerprint density at radius 2 is 2.16 bits per heavy atom. The highest BCUT2D eigenvalue weighted by atomic mass is 16.3. The van der Waals surface area contributed by atoms with Gasteiger partial charge in [0.05, 0.1) is 6.26 Å². The summed E-state index contributed by atoms with van der Waals surface area (Å²) in [6.07, 6.45) is 13.9. The van der Waals surface area contributed by atoms with Crippen molar-refractivity contribution in [3.63, 3.8) is 0 Å². The van der Waals surface area contributed by atoms with Gasteiger partial charge in [-0.15, -0.1) is 0 Å². The van der Waals surface area contributed by atoms with Crippen LogP contribution in [0.15, 0.2) is 22.8 Å². The quantitative estimate of drug-likeness (QED) is 0.744. The predicted octanol–water partition coefficient (Wildman–Crippen LogP) is 4.55. The fourth-order valence-electron chi connectivity index (χ4n) is 3.19. The average molecular weight is 263 g/mol. The molecule has 108 valence electrons. The summed E-state index contributed by atoms with van der Waals surface area (Å²) in [6.45, 7) is 3.47. The van der Waals surface area contributed by atoms with Gasteiger partial charge in [-0.05, 0) is 43.9 Å². The Labute approximate surface area is 118 Å². The van der Waals surface area contributed by atoms with E-state index in [0.717, 1.165) is 18.1 Å². The van der Waals surface area contributed by atoms with Crippen LogP contribution in [0.5, 0.6) is 0 Å². The van der Waals surface area contributed by atoms with Gasteiger partial charge in [-0.2, -0.15) is 0 Å². The highest BCUT2D eigenvalue weighted by Gasteiger charge is 2.14. The molecule has 1 saturated carbocycles. The molecule has 1 heterocycles. The standard InChI is InChI=1S/C17H29NO/c1-2-16(10-11-17-9-6-14-19-17)18-13-12-15-7-4-3-5-8-15/h6,9,14-16,18H,2-5,7-8,10-13H2,1H3. The van der Waals surface area contributed by atoms with Crippen LogP contribution in [-0.4, -0.2) is 12.6 Å². The molecule has 1 fully saturated rings. The maximum absolute atomic E-state index is 5.40. The molecule has 1 atom stereocenters. The Morgan fingerprint density at radius 1 is 1.32 bits per heavy atom. The molecular weight excluding hydrogens is 234 g/mol. The molecule has 1 N–H and O–H groups in total. The largest absolute Gasteiger partial charge is 0.469 e. The van der Waals surface area contributed by atoms with E-state index in [4.69, 9.17) is 4.42 Å². The minimum atomic E-state index is 0.647. The fraction of sp³-hybridized carbons (Fsp3) is 0.765. The van der Waals surface area contributed by atoms with Gasteiger partial charge in [0, 0.05) is 12.5 Å². The highest BCUT2D eigenvalue weighted by Crippen LogP contribution is 2.25. The summed E-state index contributed by atoms with van der Waals surface area (Å²) in [5.74, 6) is 2.11. The van der Waals surface area contributed by atoms with E-state index in [9.17, 15) is 0 Å². The molecule has 1 aliphatic rings. The maximum Gasteiger partial charge on any atom is 0.103 e. The van der Waals surface area contributed by atoms with Crippen LogP contribution >= 0.6 is 0 Å². The first-order valence-corrected chi connectivity index (χ1v) is 8.14. The second-order valence-corrected chi connectivity index (χ2v) is 5.97. The molecule has 0 amide bonds. The monoisotopic (exact) mass is 263 g/mol. The van der Waals surface area contributed by atoms with Crippen molar-refractivity contribution in [2.75, 3.05) is 6.54 Å². The molecule has 0 saturated heterocycles. The molecule has 1 aliphatic carbocycles. The summed E-state index contributed by atoms with van der Waals surface area (Å²) in [4.78, 5) is 0. The van der Waals surface area contributed by atoms with Crippen LogP contribution in [-0.2, 0) is 6.42 Å². The summed E-state index contributed by atoms with van der Waals surface area (Å²) < 4.78 is 5.40. The molecule has 19 heavy (non-hydrogen) atoms. The zero-order valence-electron chi connectivity index (χ0n) is 12.4. The lowest BCUT2D eigenvalue weighted by Gasteiger charge is -2.23. The molecule has 0 spiro atoms. The van der Waals surface area contributed by atoms with Gasteiger partial charge in [0.15, 0.2) is 0 Å². The third-order valence-corrected chi connectivity index (χ3v) is 4.52. The molecule has 1 aromatic heterocycles. The summed E-state index contributed by atoms with van der Waals surface area (Å²) in [7, 11) is 0. The van der Waals surface area contributed by atoms with E-state index in [-0.39, 0.29) is 0 Å². The lowest BCUT2D eigenvalue weighted by Crippen LogP contribution is -2.31. The topological polar surface area (TPSA) is 25.2 Å². The third kappa shape index (κ3) is 5.40. The average Bonchev–Trinajstić information content (AvgIpc) is 2.97. The van der Waals surface area contributed by atoms with Gasteiger partial charge in [0.25, 0.3) is 0 Å². The number of aryl methyl sites for hydroxylation is 1. The van der Waals surface area contributed by atoms with Crippen LogP contribution in [0.2, 0.25) is 0 Å². The predicted molar refractivity (Wildman–Crippen MR) is 80.3 cm³/mol. The van der Waals surface area contributed by atoms with Gasteiger partial charge in [-0.3, -0.25) is 0 Å². The van der Waals surface area contributed by atoms with E-state index in [0.29, 0.717) is 6.04 Å². The van der Waals surface area contributed by atoms with E-state index in [1.807, 2.05) is 6.07 Å². The van der Waals surface area contributed by atoms with Crippen molar-refractivity contribution < 1.29 is 4.42 Å². The number of hydrogen-bond donors (Lipinski definition) is 1. The summed E-state index contributed by atoms with van der Waals surface area (Å²) in [5.41, 5.74) is 0. The molecular formula is C17H29NO. The zero-order chi connectivity index (χ0) is 13.3. The molecule has 1 unspecified atom stereocenters. The van der Waals surface area contributed by atoms with Gasteiger partial charge in [-0.25, -0.2) is 0 Å². The molecule has 2 heteroatoms. The van der Waals surface area contributed by atoms with Gasteiger partial charge in [-0.1, -0.05) is 39.0 Å². The van der Waals surface area contributed by atoms with Crippen LogP contribution in [0.4, 0.5) is 0 Å². The lowest BCUT2D eigenvalue weighted by molar-refractivity contribution is 0.323. The molecule has 0 radical (unpaired) electrons. The van der Waals surface area contributed by atoms with Gasteiger partial charge in [0.2, 0.25) is 0 Å². The normalized spacial score (nSPS) is 18.6. The number of nitrogens with one attached hydrogen (secondary N) is 1. The van der Waals surface area contributed by atoms with Crippen LogP contribution in [0, 0.1) is 5.92 Å². The Bertz CT molecular complexity index is 314. The van der Waals surface area contributed by atoms with Crippen LogP contribution in [0.1, 0.15) is 64.1 Å². The van der Waals surface area contributed by atoms with Crippen molar-refractivity contribution >= 4 is 0 Å². The van der Waals surface area contributed by atoms with Crippen LogP contribution in [0.25, 0.3) is 0 Å².